The summed E-state index contributed by atoms with van der Waals surface area (Å²) < 4.78 is 32.3. The minimum Gasteiger partial charge on any atom is -0.307 e. The Labute approximate surface area is 166 Å². The van der Waals surface area contributed by atoms with Crippen molar-refractivity contribution in [1.82, 2.24) is 9.62 Å². The third-order valence-corrected chi connectivity index (χ3v) is 5.21. The quantitative estimate of drug-likeness (QED) is 0.662. The van der Waals surface area contributed by atoms with Crippen LogP contribution in [0.3, 0.4) is 0 Å². The van der Waals surface area contributed by atoms with Crippen molar-refractivity contribution in [2.75, 3.05) is 26.0 Å². The van der Waals surface area contributed by atoms with Crippen LogP contribution in [0.2, 0.25) is 0 Å². The van der Waals surface area contributed by atoms with Gasteiger partial charge in [-0.15, -0.1) is 0 Å². The molecule has 1 rings (SSSR count). The average molecular weight is 410 g/mol. The number of hydrogen-bond donors (Lipinski definition) is 2. The number of halogens is 1. The van der Waals surface area contributed by atoms with Crippen LogP contribution in [0.15, 0.2) is 28.0 Å². The predicted octanol–water partition coefficient (Wildman–Crippen LogP) is 4.13. The zero-order valence-corrected chi connectivity index (χ0v) is 17.9. The molecule has 0 aliphatic carbocycles. The lowest BCUT2D eigenvalue weighted by molar-refractivity contribution is 0.257. The number of likely N-dealkylation sites (N-methyl/N-ethyl adjacent to an activating group) is 1. The number of nitrogens with one attached hydrogen (secondary N) is 2. The molecular formula is C19H28FN5O2S. The van der Waals surface area contributed by atoms with Gasteiger partial charge < -0.3 is 10.2 Å². The van der Waals surface area contributed by atoms with Gasteiger partial charge in [-0.1, -0.05) is 38.1 Å². The molecule has 0 fully saturated rings. The number of nitriles is 1. The maximum absolute atomic E-state index is 14.0. The van der Waals surface area contributed by atoms with Crippen molar-refractivity contribution in [3.63, 3.8) is 0 Å². The van der Waals surface area contributed by atoms with Gasteiger partial charge in [0.1, 0.15) is 5.82 Å². The lowest BCUT2D eigenvalue weighted by Gasteiger charge is -2.21. The summed E-state index contributed by atoms with van der Waals surface area (Å²) in [6.07, 6.45) is 3.03. The first-order chi connectivity index (χ1) is 13.0. The second kappa shape index (κ2) is 10.2. The first kappa shape index (κ1) is 23.6. The fourth-order valence-corrected chi connectivity index (χ4v) is 3.47. The Bertz CT molecular complexity index is 865. The number of anilines is 1. The number of hydrogen-bond acceptors (Lipinski definition) is 5. The van der Waals surface area contributed by atoms with Crippen LogP contribution < -0.4 is 10.0 Å². The molecule has 7 nitrogen and oxygen atoms in total. The molecule has 1 aromatic rings. The Morgan fingerprint density at radius 2 is 1.82 bits per heavy atom. The van der Waals surface area contributed by atoms with Crippen LogP contribution in [0.25, 0.3) is 0 Å². The molecule has 0 aliphatic rings. The van der Waals surface area contributed by atoms with Crippen molar-refractivity contribution < 1.29 is 13.4 Å². The minimum absolute atomic E-state index is 0.0448. The highest BCUT2D eigenvalue weighted by Gasteiger charge is 2.19. The Kier molecular flexibility index (Phi) is 8.60. The topological polar surface area (TPSA) is 97.6 Å². The van der Waals surface area contributed by atoms with Crippen molar-refractivity contribution in [1.29, 1.82) is 5.26 Å². The first-order valence-corrected chi connectivity index (χ1v) is 10.5. The number of carbonyl (C=O) groups is 1. The van der Waals surface area contributed by atoms with E-state index in [9.17, 15) is 13.4 Å². The van der Waals surface area contributed by atoms with Gasteiger partial charge in [-0.3, -0.25) is 0 Å². The first-order valence-electron chi connectivity index (χ1n) is 8.87. The fraction of sp³-hybridized carbons (Fsp3) is 0.474. The molecule has 0 heterocycles. The highest BCUT2D eigenvalue weighted by molar-refractivity contribution is 7.95. The summed E-state index contributed by atoms with van der Waals surface area (Å²) in [6.45, 7) is 8.02. The van der Waals surface area contributed by atoms with E-state index in [2.05, 4.69) is 14.4 Å². The van der Waals surface area contributed by atoms with Crippen LogP contribution in [0.4, 0.5) is 14.9 Å². The van der Waals surface area contributed by atoms with Gasteiger partial charge in [-0.2, -0.15) is 5.26 Å². The molecule has 2 N–H and O–H groups in total. The van der Waals surface area contributed by atoms with Gasteiger partial charge in [-0.25, -0.2) is 18.1 Å². The maximum Gasteiger partial charge on any atom is 0.331 e. The van der Waals surface area contributed by atoms with Crippen molar-refractivity contribution in [3.8, 4) is 6.19 Å². The zero-order chi connectivity index (χ0) is 21.5. The number of nitrogens with zero attached hydrogens (tertiary/aromatic N) is 3. The third kappa shape index (κ3) is 6.94. The lowest BCUT2D eigenvalue weighted by atomic mass is 9.92. The molecule has 1 atom stereocenters. The molecular weight excluding hydrogens is 381 g/mol. The monoisotopic (exact) mass is 409 g/mol. The van der Waals surface area contributed by atoms with Crippen LogP contribution in [0.5, 0.6) is 0 Å². The molecule has 9 heteroatoms. The van der Waals surface area contributed by atoms with Crippen LogP contribution in [0.1, 0.15) is 50.7 Å². The smallest absolute Gasteiger partial charge is 0.307 e. The Hall–Kier alpha value is -2.44. The van der Waals surface area contributed by atoms with Crippen molar-refractivity contribution in [2.45, 2.75) is 39.5 Å². The summed E-state index contributed by atoms with van der Waals surface area (Å²) in [5.74, 6) is -0.471. The Morgan fingerprint density at radius 1 is 1.29 bits per heavy atom. The summed E-state index contributed by atoms with van der Waals surface area (Å²) in [5.41, 5.74) is 1.73. The van der Waals surface area contributed by atoms with Gasteiger partial charge in [0.2, 0.25) is 6.19 Å². The number of carbonyl (C=O) groups excluding carboxylic acids is 1. The molecule has 2 amide bonds. The summed E-state index contributed by atoms with van der Waals surface area (Å²) in [5, 5.41) is 12.7. The SMILES string of the molecule is CC(C)c1cc(F)cc(C(C)C)c1NC(=O)NS(=O)(/C=C/CN(C)C)=NC#N. The van der Waals surface area contributed by atoms with Crippen LogP contribution in [0, 0.1) is 17.3 Å². The highest BCUT2D eigenvalue weighted by atomic mass is 32.2. The number of urea groups is 1. The standard InChI is InChI=1S/C19H28FN5O2S/c1-13(2)16-10-15(20)11-17(14(3)4)18(16)23-19(26)24-28(27,22-12-21)9-7-8-25(5)6/h7,9-11,13-14H,8H2,1-6H3,(H2,22,23,24,26,27)/b9-7+. The van der Waals surface area contributed by atoms with E-state index in [0.29, 0.717) is 23.4 Å². The Balaban J connectivity index is 3.22. The summed E-state index contributed by atoms with van der Waals surface area (Å²) in [6, 6.07) is 1.97. The normalized spacial score (nSPS) is 13.6. The van der Waals surface area contributed by atoms with E-state index in [4.69, 9.17) is 5.26 Å². The Morgan fingerprint density at radius 3 is 2.25 bits per heavy atom. The van der Waals surface area contributed by atoms with Crippen molar-refractivity contribution in [3.05, 3.63) is 40.6 Å². The molecule has 0 aliphatic heterocycles. The highest BCUT2D eigenvalue weighted by Crippen LogP contribution is 2.33. The third-order valence-electron chi connectivity index (χ3n) is 3.81. The zero-order valence-electron chi connectivity index (χ0n) is 17.1. The van der Waals surface area contributed by atoms with Crippen LogP contribution >= 0.6 is 0 Å². The number of amides is 2. The summed E-state index contributed by atoms with van der Waals surface area (Å²) in [7, 11) is 0.237. The average Bonchev–Trinajstić information content (AvgIpc) is 2.55. The number of rotatable bonds is 7. The predicted molar refractivity (Wildman–Crippen MR) is 111 cm³/mol. The molecule has 0 aromatic heterocycles. The second-order valence-corrected chi connectivity index (χ2v) is 9.01. The van der Waals surface area contributed by atoms with Gasteiger partial charge in [0.25, 0.3) is 0 Å². The molecule has 1 unspecified atom stereocenters. The van der Waals surface area contributed by atoms with E-state index < -0.39 is 15.9 Å². The van der Waals surface area contributed by atoms with Crippen LogP contribution in [-0.4, -0.2) is 35.8 Å². The van der Waals surface area contributed by atoms with E-state index >= 15 is 0 Å². The molecule has 0 bridgehead atoms. The van der Waals surface area contributed by atoms with Crippen LogP contribution in [-0.2, 0) is 9.92 Å². The molecule has 0 saturated carbocycles. The van der Waals surface area contributed by atoms with E-state index in [1.807, 2.05) is 46.7 Å². The maximum atomic E-state index is 14.0. The fourth-order valence-electron chi connectivity index (χ4n) is 2.51. The summed E-state index contributed by atoms with van der Waals surface area (Å²) in [4.78, 5) is 14.4. The molecule has 154 valence electrons. The van der Waals surface area contributed by atoms with E-state index in [-0.39, 0.29) is 17.7 Å². The van der Waals surface area contributed by atoms with Crippen molar-refractivity contribution >= 4 is 21.6 Å². The molecule has 0 radical (unpaired) electrons. The van der Waals surface area contributed by atoms with E-state index in [0.717, 1.165) is 0 Å². The second-order valence-electron chi connectivity index (χ2n) is 7.22. The largest absolute Gasteiger partial charge is 0.331 e. The minimum atomic E-state index is -3.41. The van der Waals surface area contributed by atoms with Gasteiger partial charge in [0.15, 0.2) is 9.92 Å². The molecule has 0 saturated heterocycles. The molecule has 28 heavy (non-hydrogen) atoms. The summed E-state index contributed by atoms with van der Waals surface area (Å²) >= 11 is 0. The van der Waals surface area contributed by atoms with Crippen molar-refractivity contribution in [2.24, 2.45) is 4.36 Å². The molecule has 0 spiro atoms. The molecule has 1 aromatic carbocycles. The van der Waals surface area contributed by atoms with E-state index in [1.165, 1.54) is 23.7 Å². The van der Waals surface area contributed by atoms with Gasteiger partial charge in [0.05, 0.1) is 0 Å². The van der Waals surface area contributed by atoms with Gasteiger partial charge in [-0.05, 0) is 49.2 Å². The van der Waals surface area contributed by atoms with E-state index in [1.54, 1.807) is 6.08 Å². The number of benzene rings is 1. The lowest BCUT2D eigenvalue weighted by Crippen LogP contribution is -2.33. The van der Waals surface area contributed by atoms with Gasteiger partial charge >= 0.3 is 6.03 Å². The van der Waals surface area contributed by atoms with Gasteiger partial charge in [0, 0.05) is 17.6 Å².